The molecular weight excluding hydrogens is 518 g/mol. The van der Waals surface area contributed by atoms with Crippen molar-refractivity contribution in [2.24, 2.45) is 0 Å². The van der Waals surface area contributed by atoms with E-state index in [4.69, 9.17) is 9.47 Å². The van der Waals surface area contributed by atoms with Gasteiger partial charge in [-0.05, 0) is 71.5 Å². The van der Waals surface area contributed by atoms with E-state index in [1.54, 1.807) is 7.11 Å². The topological polar surface area (TPSA) is 98.9 Å². The van der Waals surface area contributed by atoms with Crippen LogP contribution in [0.3, 0.4) is 0 Å². The third-order valence-corrected chi connectivity index (χ3v) is 8.04. The number of hydrogen-bond acceptors (Lipinski definition) is 6. The van der Waals surface area contributed by atoms with Crippen molar-refractivity contribution in [2.75, 3.05) is 38.7 Å². The van der Waals surface area contributed by atoms with Gasteiger partial charge in [0.1, 0.15) is 17.7 Å². The molecule has 0 radical (unpaired) electrons. The molecule has 41 heavy (non-hydrogen) atoms. The highest BCUT2D eigenvalue weighted by atomic mass is 16.6. The number of H-pyrrole nitrogens is 1. The number of nitrogens with one attached hydrogen (secondary N) is 3. The number of carbonyl (C=O) groups excluding carboxylic acids is 2. The molecule has 1 atom stereocenters. The van der Waals surface area contributed by atoms with Gasteiger partial charge in [-0.2, -0.15) is 0 Å². The molecule has 2 aliphatic heterocycles. The highest BCUT2D eigenvalue weighted by Gasteiger charge is 2.35. The maximum Gasteiger partial charge on any atom is 0.412 e. The van der Waals surface area contributed by atoms with Gasteiger partial charge in [0, 0.05) is 62.4 Å². The number of carbonyl (C=O) groups is 2. The summed E-state index contributed by atoms with van der Waals surface area (Å²) in [4.78, 5) is 32.8. The van der Waals surface area contributed by atoms with Crippen molar-refractivity contribution in [2.45, 2.75) is 32.0 Å². The minimum absolute atomic E-state index is 0.128. The second-order valence-electron chi connectivity index (χ2n) is 10.6. The summed E-state index contributed by atoms with van der Waals surface area (Å²) in [7, 11) is 3.76. The monoisotopic (exact) mass is 553 g/mol. The van der Waals surface area contributed by atoms with Crippen molar-refractivity contribution in [3.05, 3.63) is 89.1 Å². The molecule has 1 aromatic heterocycles. The van der Waals surface area contributed by atoms with Gasteiger partial charge in [-0.1, -0.05) is 24.3 Å². The molecule has 0 saturated carbocycles. The molecular formula is C32H35N5O4. The summed E-state index contributed by atoms with van der Waals surface area (Å²) < 4.78 is 10.9. The average Bonchev–Trinajstić information content (AvgIpc) is 3.38. The van der Waals surface area contributed by atoms with Crippen LogP contribution in [0.25, 0.3) is 10.9 Å². The van der Waals surface area contributed by atoms with Crippen molar-refractivity contribution < 1.29 is 19.1 Å². The molecule has 0 spiro atoms. The molecule has 2 aliphatic rings. The first-order valence-corrected chi connectivity index (χ1v) is 14.0. The summed E-state index contributed by atoms with van der Waals surface area (Å²) in [5, 5.41) is 6.69. The summed E-state index contributed by atoms with van der Waals surface area (Å²) in [6, 6.07) is 20.3. The summed E-state index contributed by atoms with van der Waals surface area (Å²) in [6.45, 7) is 2.47. The fraction of sp³-hybridized carbons (Fsp3) is 0.312. The highest BCUT2D eigenvalue weighted by Crippen LogP contribution is 2.42. The predicted octanol–water partition coefficient (Wildman–Crippen LogP) is 4.52. The Morgan fingerprint density at radius 2 is 1.85 bits per heavy atom. The van der Waals surface area contributed by atoms with Crippen molar-refractivity contribution in [1.29, 1.82) is 0 Å². The van der Waals surface area contributed by atoms with Gasteiger partial charge in [-0.3, -0.25) is 9.69 Å². The van der Waals surface area contributed by atoms with Crippen LogP contribution in [0, 0.1) is 0 Å². The lowest BCUT2D eigenvalue weighted by molar-refractivity contribution is -0.120. The van der Waals surface area contributed by atoms with Crippen molar-refractivity contribution in [3.63, 3.8) is 0 Å². The molecule has 9 nitrogen and oxygen atoms in total. The molecule has 0 bridgehead atoms. The first-order valence-electron chi connectivity index (χ1n) is 14.0. The normalized spacial score (nSPS) is 16.0. The van der Waals surface area contributed by atoms with E-state index in [0.717, 1.165) is 53.0 Å². The lowest BCUT2D eigenvalue weighted by Gasteiger charge is -2.47. The van der Waals surface area contributed by atoms with Gasteiger partial charge in [-0.15, -0.1) is 0 Å². The number of ether oxygens (including phenoxy) is 2. The predicted molar refractivity (Wildman–Crippen MR) is 158 cm³/mol. The Kier molecular flexibility index (Phi) is 7.52. The molecule has 9 heteroatoms. The molecule has 3 heterocycles. The Hall–Kier alpha value is -4.50. The van der Waals surface area contributed by atoms with Crippen LogP contribution in [0.15, 0.2) is 66.9 Å². The van der Waals surface area contributed by atoms with Gasteiger partial charge in [0.2, 0.25) is 5.91 Å². The maximum atomic E-state index is 12.4. The number of fused-ring (bicyclic) bond motifs is 5. The molecule has 0 aliphatic carbocycles. The molecule has 212 valence electrons. The van der Waals surface area contributed by atoms with Crippen molar-refractivity contribution in [3.8, 4) is 11.5 Å². The van der Waals surface area contributed by atoms with E-state index >= 15 is 0 Å². The van der Waals surface area contributed by atoms with Crippen LogP contribution in [0.1, 0.15) is 34.8 Å². The smallest absolute Gasteiger partial charge is 0.412 e. The zero-order chi connectivity index (χ0) is 28.3. The van der Waals surface area contributed by atoms with E-state index in [1.807, 2.05) is 42.6 Å². The van der Waals surface area contributed by atoms with Gasteiger partial charge >= 0.3 is 6.09 Å². The largest absolute Gasteiger partial charge is 0.497 e. The minimum atomic E-state index is -0.570. The van der Waals surface area contributed by atoms with Crippen molar-refractivity contribution >= 4 is 28.6 Å². The molecule has 0 saturated heterocycles. The summed E-state index contributed by atoms with van der Waals surface area (Å²) in [6.07, 6.45) is 3.48. The first-order chi connectivity index (χ1) is 20.0. The Balaban J connectivity index is 0.968. The van der Waals surface area contributed by atoms with E-state index in [2.05, 4.69) is 56.7 Å². The van der Waals surface area contributed by atoms with Crippen molar-refractivity contribution in [1.82, 2.24) is 20.5 Å². The van der Waals surface area contributed by atoms with Gasteiger partial charge in [-0.25, -0.2) is 4.79 Å². The molecule has 0 fully saturated rings. The third kappa shape index (κ3) is 5.58. The van der Waals surface area contributed by atoms with Crippen LogP contribution in [0.5, 0.6) is 11.5 Å². The standard InChI is InChI=1S/C32H35N5O4/c1-36-29-10-8-25(17-23(29)20-37-16-13-21-5-3-4-6-26(21)31(36)37)41-32(39)34-15-12-30(38)33-14-11-22-19-35-28-9-7-24(40-2)18-27(22)28/h3-10,17-19,31,35H,11-16,20H2,1-2H3,(H,33,38)(H,34,39). The summed E-state index contributed by atoms with van der Waals surface area (Å²) >= 11 is 0. The van der Waals surface area contributed by atoms with Gasteiger partial charge < -0.3 is 30.0 Å². The molecule has 3 aromatic carbocycles. The first kappa shape index (κ1) is 26.7. The summed E-state index contributed by atoms with van der Waals surface area (Å²) in [5.41, 5.74) is 7.17. The number of methoxy groups -OCH3 is 1. The fourth-order valence-electron chi connectivity index (χ4n) is 6.00. The quantitative estimate of drug-likeness (QED) is 0.297. The second-order valence-corrected chi connectivity index (χ2v) is 10.6. The maximum absolute atomic E-state index is 12.4. The molecule has 4 aromatic rings. The number of nitrogens with zero attached hydrogens (tertiary/aromatic N) is 2. The van der Waals surface area contributed by atoms with E-state index in [1.165, 1.54) is 11.1 Å². The number of hydrogen-bond donors (Lipinski definition) is 3. The van der Waals surface area contributed by atoms with Crippen LogP contribution in [0.4, 0.5) is 10.5 Å². The van der Waals surface area contributed by atoms with Gasteiger partial charge in [0.25, 0.3) is 0 Å². The number of anilines is 1. The van der Waals surface area contributed by atoms with Gasteiger partial charge in [0.15, 0.2) is 0 Å². The van der Waals surface area contributed by atoms with Gasteiger partial charge in [0.05, 0.1) is 7.11 Å². The van der Waals surface area contributed by atoms with E-state index < -0.39 is 6.09 Å². The van der Waals surface area contributed by atoms with Crippen LogP contribution >= 0.6 is 0 Å². The second kappa shape index (κ2) is 11.5. The number of rotatable bonds is 8. The Labute approximate surface area is 239 Å². The lowest BCUT2D eigenvalue weighted by Crippen LogP contribution is -2.47. The van der Waals surface area contributed by atoms with Crippen LogP contribution < -0.4 is 25.0 Å². The van der Waals surface area contributed by atoms with Crippen LogP contribution in [0.2, 0.25) is 0 Å². The number of aromatic nitrogens is 1. The zero-order valence-electron chi connectivity index (χ0n) is 23.4. The Morgan fingerprint density at radius 1 is 1.00 bits per heavy atom. The van der Waals surface area contributed by atoms with Crippen LogP contribution in [-0.4, -0.2) is 55.7 Å². The number of amides is 2. The lowest BCUT2D eigenvalue weighted by atomic mass is 9.93. The molecule has 6 rings (SSSR count). The SMILES string of the molecule is COc1ccc2[nH]cc(CCNC(=O)CCNC(=O)Oc3ccc4c(c3)CN3CCc5ccccc5C3N4C)c2c1. The Morgan fingerprint density at radius 3 is 2.73 bits per heavy atom. The van der Waals surface area contributed by atoms with E-state index in [9.17, 15) is 9.59 Å². The van der Waals surface area contributed by atoms with Crippen LogP contribution in [-0.2, 0) is 24.2 Å². The van der Waals surface area contributed by atoms with E-state index in [-0.39, 0.29) is 25.0 Å². The molecule has 3 N–H and O–H groups in total. The van der Waals surface area contributed by atoms with E-state index in [0.29, 0.717) is 18.7 Å². The molecule has 1 unspecified atom stereocenters. The average molecular weight is 554 g/mol. The molecule has 2 amide bonds. The zero-order valence-corrected chi connectivity index (χ0v) is 23.4. The number of aromatic amines is 1. The summed E-state index contributed by atoms with van der Waals surface area (Å²) in [5.74, 6) is 1.16. The fourth-order valence-corrected chi connectivity index (χ4v) is 6.00. The third-order valence-electron chi connectivity index (χ3n) is 8.04. The Bertz CT molecular complexity index is 1580. The highest BCUT2D eigenvalue weighted by molar-refractivity contribution is 5.85. The number of benzene rings is 3. The minimum Gasteiger partial charge on any atom is -0.497 e.